The molecule has 0 aliphatic carbocycles. The van der Waals surface area contributed by atoms with Crippen molar-refractivity contribution in [3.8, 4) is 0 Å². The van der Waals surface area contributed by atoms with E-state index in [1.807, 2.05) is 0 Å². The van der Waals surface area contributed by atoms with Gasteiger partial charge in [0.1, 0.15) is 11.4 Å². The molecule has 0 aromatic carbocycles. The topological polar surface area (TPSA) is 80.7 Å². The van der Waals surface area contributed by atoms with Crippen LogP contribution < -0.4 is 0 Å². The molecular weight excluding hydrogens is 280 g/mol. The number of unbranched alkanes of at least 4 members (excludes halogenated alkanes) is 5. The van der Waals surface area contributed by atoms with Gasteiger partial charge in [-0.15, -0.1) is 0 Å². The van der Waals surface area contributed by atoms with Gasteiger partial charge in [-0.3, -0.25) is 4.55 Å². The van der Waals surface area contributed by atoms with E-state index in [1.54, 1.807) is 0 Å². The summed E-state index contributed by atoms with van der Waals surface area (Å²) >= 11 is 0. The fourth-order valence-electron chi connectivity index (χ4n) is 2.10. The van der Waals surface area contributed by atoms with Gasteiger partial charge in [0.2, 0.25) is 0 Å². The SMILES string of the molecule is C=CC(=O)OC(C)(CCCCCCCC)CS(=O)(=O)O. The molecule has 0 saturated carbocycles. The highest BCUT2D eigenvalue weighted by Crippen LogP contribution is 2.22. The van der Waals surface area contributed by atoms with E-state index in [1.165, 1.54) is 13.3 Å². The van der Waals surface area contributed by atoms with Gasteiger partial charge < -0.3 is 4.74 Å². The molecule has 0 amide bonds. The molecule has 0 bridgehead atoms. The molecule has 1 N–H and O–H groups in total. The van der Waals surface area contributed by atoms with Crippen molar-refractivity contribution in [3.63, 3.8) is 0 Å². The highest BCUT2D eigenvalue weighted by Gasteiger charge is 2.33. The second-order valence-corrected chi connectivity index (χ2v) is 6.77. The van der Waals surface area contributed by atoms with Crippen LogP contribution in [-0.2, 0) is 19.6 Å². The summed E-state index contributed by atoms with van der Waals surface area (Å²) < 4.78 is 36.1. The predicted molar refractivity (Wildman–Crippen MR) is 79.1 cm³/mol. The lowest BCUT2D eigenvalue weighted by Gasteiger charge is -2.27. The molecule has 1 unspecified atom stereocenters. The van der Waals surface area contributed by atoms with E-state index in [-0.39, 0.29) is 0 Å². The van der Waals surface area contributed by atoms with Gasteiger partial charge in [-0.1, -0.05) is 45.6 Å². The van der Waals surface area contributed by atoms with Gasteiger partial charge >= 0.3 is 5.97 Å². The van der Waals surface area contributed by atoms with Crippen molar-refractivity contribution < 1.29 is 22.5 Å². The van der Waals surface area contributed by atoms with E-state index in [0.717, 1.165) is 38.2 Å². The molecule has 0 aliphatic heterocycles. The van der Waals surface area contributed by atoms with Crippen LogP contribution in [0.4, 0.5) is 0 Å². The van der Waals surface area contributed by atoms with Crippen molar-refractivity contribution >= 4 is 16.1 Å². The summed E-state index contributed by atoms with van der Waals surface area (Å²) in [5.74, 6) is -1.27. The number of hydrogen-bond donors (Lipinski definition) is 1. The van der Waals surface area contributed by atoms with Crippen molar-refractivity contribution in [3.05, 3.63) is 12.7 Å². The molecule has 1 atom stereocenters. The number of hydrogen-bond acceptors (Lipinski definition) is 4. The minimum absolute atomic E-state index is 0.401. The molecule has 0 saturated heterocycles. The van der Waals surface area contributed by atoms with Gasteiger partial charge in [-0.25, -0.2) is 4.79 Å². The Morgan fingerprint density at radius 3 is 2.30 bits per heavy atom. The first-order chi connectivity index (χ1) is 9.22. The number of carbonyl (C=O) groups excluding carboxylic acids is 1. The molecule has 0 aromatic heterocycles. The maximum absolute atomic E-state index is 11.3. The van der Waals surface area contributed by atoms with Crippen LogP contribution in [0.2, 0.25) is 0 Å². The van der Waals surface area contributed by atoms with Crippen molar-refractivity contribution in [2.75, 3.05) is 5.75 Å². The summed E-state index contributed by atoms with van der Waals surface area (Å²) in [5, 5.41) is 0. The standard InChI is InChI=1S/C14H26O5S/c1-4-6-7-8-9-10-11-14(3,12-20(16,17)18)19-13(15)5-2/h5H,2,4,6-12H2,1,3H3,(H,16,17,18). The first-order valence-corrected chi connectivity index (χ1v) is 8.64. The smallest absolute Gasteiger partial charge is 0.330 e. The fraction of sp³-hybridized carbons (Fsp3) is 0.786. The highest BCUT2D eigenvalue weighted by atomic mass is 32.2. The van der Waals surface area contributed by atoms with Crippen LogP contribution in [0, 0.1) is 0 Å². The third kappa shape index (κ3) is 9.97. The maximum atomic E-state index is 11.3. The van der Waals surface area contributed by atoms with Gasteiger partial charge in [-0.05, 0) is 19.8 Å². The summed E-state index contributed by atoms with van der Waals surface area (Å²) in [6.45, 7) is 6.94. The second-order valence-electron chi connectivity index (χ2n) is 5.32. The Morgan fingerprint density at radius 2 is 1.80 bits per heavy atom. The van der Waals surface area contributed by atoms with E-state index < -0.39 is 27.4 Å². The van der Waals surface area contributed by atoms with Gasteiger partial charge in [0.25, 0.3) is 10.1 Å². The molecule has 0 aliphatic rings. The fourth-order valence-corrected chi connectivity index (χ4v) is 3.08. The predicted octanol–water partition coefficient (Wildman–Crippen LogP) is 3.11. The monoisotopic (exact) mass is 306 g/mol. The Balaban J connectivity index is 4.38. The second kappa shape index (κ2) is 9.13. The molecule has 0 fully saturated rings. The van der Waals surface area contributed by atoms with Crippen LogP contribution in [-0.4, -0.2) is 30.3 Å². The number of esters is 1. The Labute approximate surface area is 122 Å². The molecule has 118 valence electrons. The van der Waals surface area contributed by atoms with Crippen LogP contribution in [0.1, 0.15) is 58.8 Å². The molecular formula is C14H26O5S. The Morgan fingerprint density at radius 1 is 1.25 bits per heavy atom. The zero-order chi connectivity index (χ0) is 15.6. The lowest BCUT2D eigenvalue weighted by Crippen LogP contribution is -2.38. The largest absolute Gasteiger partial charge is 0.455 e. The minimum atomic E-state index is -4.20. The minimum Gasteiger partial charge on any atom is -0.455 e. The van der Waals surface area contributed by atoms with E-state index >= 15 is 0 Å². The third-order valence-corrected chi connectivity index (χ3v) is 4.04. The summed E-state index contributed by atoms with van der Waals surface area (Å²) in [6.07, 6.45) is 7.67. The quantitative estimate of drug-likeness (QED) is 0.274. The molecule has 0 heterocycles. The summed E-state index contributed by atoms with van der Waals surface area (Å²) in [5.41, 5.74) is -1.20. The average Bonchev–Trinajstić information content (AvgIpc) is 2.31. The van der Waals surface area contributed by atoms with Crippen molar-refractivity contribution in [1.82, 2.24) is 0 Å². The number of rotatable bonds is 11. The lowest BCUT2D eigenvalue weighted by atomic mass is 9.99. The Hall–Kier alpha value is -0.880. The van der Waals surface area contributed by atoms with Crippen LogP contribution in [0.15, 0.2) is 12.7 Å². The highest BCUT2D eigenvalue weighted by molar-refractivity contribution is 7.85. The summed E-state index contributed by atoms with van der Waals surface area (Å²) in [6, 6.07) is 0. The average molecular weight is 306 g/mol. The van der Waals surface area contributed by atoms with Gasteiger partial charge in [0.05, 0.1) is 0 Å². The maximum Gasteiger partial charge on any atom is 0.330 e. The van der Waals surface area contributed by atoms with E-state index in [0.29, 0.717) is 6.42 Å². The van der Waals surface area contributed by atoms with Crippen molar-refractivity contribution in [2.24, 2.45) is 0 Å². The first kappa shape index (κ1) is 19.1. The van der Waals surface area contributed by atoms with Gasteiger partial charge in [0.15, 0.2) is 0 Å². The van der Waals surface area contributed by atoms with E-state index in [9.17, 15) is 13.2 Å². The van der Waals surface area contributed by atoms with E-state index in [2.05, 4.69) is 13.5 Å². The lowest BCUT2D eigenvalue weighted by molar-refractivity contribution is -0.150. The normalized spacial score (nSPS) is 14.6. The summed E-state index contributed by atoms with van der Waals surface area (Å²) in [4.78, 5) is 11.3. The van der Waals surface area contributed by atoms with Crippen LogP contribution in [0.3, 0.4) is 0 Å². The zero-order valence-electron chi connectivity index (χ0n) is 12.4. The van der Waals surface area contributed by atoms with Crippen molar-refractivity contribution in [2.45, 2.75) is 64.4 Å². The Bertz CT molecular complexity index is 402. The number of ether oxygens (including phenoxy) is 1. The molecule has 0 aromatic rings. The molecule has 6 heteroatoms. The van der Waals surface area contributed by atoms with Gasteiger partial charge in [-0.2, -0.15) is 8.42 Å². The van der Waals surface area contributed by atoms with E-state index in [4.69, 9.17) is 9.29 Å². The van der Waals surface area contributed by atoms with Crippen molar-refractivity contribution in [1.29, 1.82) is 0 Å². The van der Waals surface area contributed by atoms with Crippen LogP contribution in [0.25, 0.3) is 0 Å². The van der Waals surface area contributed by atoms with Crippen LogP contribution >= 0.6 is 0 Å². The van der Waals surface area contributed by atoms with Crippen LogP contribution in [0.5, 0.6) is 0 Å². The Kier molecular flexibility index (Phi) is 8.73. The van der Waals surface area contributed by atoms with Gasteiger partial charge in [0, 0.05) is 6.08 Å². The third-order valence-electron chi connectivity index (χ3n) is 3.06. The number of carbonyl (C=O) groups is 1. The zero-order valence-corrected chi connectivity index (χ0v) is 13.2. The molecule has 0 radical (unpaired) electrons. The molecule has 0 rings (SSSR count). The molecule has 5 nitrogen and oxygen atoms in total. The molecule has 20 heavy (non-hydrogen) atoms. The molecule has 0 spiro atoms. The first-order valence-electron chi connectivity index (χ1n) is 7.03. The summed E-state index contributed by atoms with van der Waals surface area (Å²) in [7, 11) is -4.20.